The molecule has 0 aliphatic carbocycles. The van der Waals surface area contributed by atoms with Crippen molar-refractivity contribution in [3.8, 4) is 0 Å². The number of ether oxygens (including phenoxy) is 3. The highest BCUT2D eigenvalue weighted by Gasteiger charge is 2.74. The number of primary amides is 3. The predicted molar refractivity (Wildman–Crippen MR) is 231 cm³/mol. The maximum absolute atomic E-state index is 15.1. The number of hydrogen-bond donors (Lipinski definition) is 19. The van der Waals surface area contributed by atoms with Crippen LogP contribution in [0.5, 0.6) is 0 Å². The second kappa shape index (κ2) is 25.9. The number of aliphatic hydroxyl groups is 7. The first-order valence-electron chi connectivity index (χ1n) is 21.3. The summed E-state index contributed by atoms with van der Waals surface area (Å²) in [6, 6.07) is -8.69. The molecule has 32 heteroatoms. The van der Waals surface area contributed by atoms with Crippen molar-refractivity contribution in [1.82, 2.24) is 15.7 Å². The normalized spacial score (nSPS) is 28.5. The van der Waals surface area contributed by atoms with Crippen molar-refractivity contribution in [2.24, 2.45) is 51.3 Å². The third kappa shape index (κ3) is 13.9. The van der Waals surface area contributed by atoms with E-state index in [9.17, 15) is 79.3 Å². The largest absolute Gasteiger partial charge is 0.480 e. The highest BCUT2D eigenvalue weighted by molar-refractivity contribution is 6.12. The number of amides is 6. The van der Waals surface area contributed by atoms with Crippen LogP contribution in [-0.2, 0) is 57.4 Å². The lowest BCUT2D eigenvalue weighted by Crippen LogP contribution is -2.88. The van der Waals surface area contributed by atoms with Gasteiger partial charge in [0, 0.05) is 19.8 Å². The molecule has 17 atom stereocenters. The van der Waals surface area contributed by atoms with E-state index in [1.165, 1.54) is 20.8 Å². The number of ketones is 2. The highest BCUT2D eigenvalue weighted by atomic mass is 16.6. The van der Waals surface area contributed by atoms with Crippen LogP contribution >= 0.6 is 0 Å². The molecule has 402 valence electrons. The van der Waals surface area contributed by atoms with Gasteiger partial charge in [0.25, 0.3) is 5.91 Å². The summed E-state index contributed by atoms with van der Waals surface area (Å²) in [5.74, 6) is -11.7. The molecule has 2 aliphatic heterocycles. The van der Waals surface area contributed by atoms with Gasteiger partial charge in [0.1, 0.15) is 83.8 Å². The molecule has 0 saturated carbocycles. The molecule has 0 aromatic carbocycles. The quantitative estimate of drug-likeness (QED) is 0.0185. The SMILES string of the molecule is CC(=O)N(O)[C@H]1C(C(O)(C(N)=O)C(N)(N)C(CCC(N)=O)(C(=O)CC[C@@H](NC(=O)[C@H](C)N)C(N)=O)C(=O)C(C)O[C@@H]2[C@@H](N)[C@@H](O)O[C@H](CO)[C@H]2O)O[C@H](CO)[C@@H](O)[C@@H]1O.C[C@@H](N)C(=O)N[C@H](C)C(=O)O. The molecular weight excluding hydrogens is 946 g/mol. The smallest absolute Gasteiger partial charge is 0.325 e. The molecule has 2 rings (SSSR count). The van der Waals surface area contributed by atoms with Crippen LogP contribution in [0.15, 0.2) is 0 Å². The number of aliphatic carboxylic acids is 1. The fourth-order valence-electron chi connectivity index (χ4n) is 7.59. The van der Waals surface area contributed by atoms with Crippen LogP contribution in [0.1, 0.15) is 60.3 Å². The lowest BCUT2D eigenvalue weighted by atomic mass is 9.56. The first-order valence-corrected chi connectivity index (χ1v) is 21.3. The Balaban J connectivity index is 0.00000197. The van der Waals surface area contributed by atoms with Gasteiger partial charge < -0.3 is 112 Å². The van der Waals surface area contributed by atoms with Crippen LogP contribution in [0.4, 0.5) is 0 Å². The molecule has 70 heavy (non-hydrogen) atoms. The van der Waals surface area contributed by atoms with Gasteiger partial charge in [0.2, 0.25) is 35.1 Å². The minimum atomic E-state index is -4.05. The molecule has 0 aromatic heterocycles. The minimum Gasteiger partial charge on any atom is -0.480 e. The average Bonchev–Trinajstić information content (AvgIpc) is 3.27. The fraction of sp³-hybridized carbons (Fsp3) is 0.763. The van der Waals surface area contributed by atoms with Crippen LogP contribution in [0.3, 0.4) is 0 Å². The number of nitrogens with one attached hydrogen (secondary N) is 2. The zero-order chi connectivity index (χ0) is 54.7. The predicted octanol–water partition coefficient (Wildman–Crippen LogP) is -11.5. The molecule has 0 spiro atoms. The number of carboxylic acid groups (broad SMARTS) is 1. The van der Waals surface area contributed by atoms with Crippen molar-refractivity contribution >= 4 is 53.0 Å². The molecule has 0 aromatic rings. The molecule has 6 amide bonds. The Bertz CT molecular complexity index is 1900. The number of carbonyl (C=O) groups excluding carboxylic acids is 8. The molecule has 32 nitrogen and oxygen atoms in total. The van der Waals surface area contributed by atoms with Crippen molar-refractivity contribution < 1.29 is 103 Å². The summed E-state index contributed by atoms with van der Waals surface area (Å²) in [4.78, 5) is 114. The number of aliphatic hydroxyl groups excluding tert-OH is 6. The van der Waals surface area contributed by atoms with Gasteiger partial charge in [-0.15, -0.1) is 0 Å². The van der Waals surface area contributed by atoms with Crippen LogP contribution in [-0.4, -0.2) is 220 Å². The summed E-state index contributed by atoms with van der Waals surface area (Å²) >= 11 is 0. The molecule has 2 heterocycles. The summed E-state index contributed by atoms with van der Waals surface area (Å²) in [5, 5.41) is 98.5. The van der Waals surface area contributed by atoms with E-state index in [0.717, 1.165) is 6.92 Å². The zero-order valence-electron chi connectivity index (χ0n) is 38.9. The van der Waals surface area contributed by atoms with Crippen LogP contribution < -0.4 is 56.5 Å². The van der Waals surface area contributed by atoms with Gasteiger partial charge in [-0.1, -0.05) is 0 Å². The van der Waals surface area contributed by atoms with E-state index < -0.39 is 200 Å². The molecule has 4 unspecified atom stereocenters. The van der Waals surface area contributed by atoms with Crippen molar-refractivity contribution in [1.29, 1.82) is 0 Å². The Morgan fingerprint density at radius 3 is 1.71 bits per heavy atom. The number of carbonyl (C=O) groups is 9. The number of hydrogen-bond acceptors (Lipinski definition) is 25. The number of rotatable bonds is 24. The number of Topliss-reactive ketones (excluding diaryl/α,β-unsaturated/α-hetero) is 2. The van der Waals surface area contributed by atoms with E-state index in [4.69, 9.17) is 65.2 Å². The standard InChI is InChI=1S/C32H57N9O18.C6H12N2O3/c1-10(33)27(52)40-13(26(36)51)4-5-16(45)30(7-6-17(34)46,24(50)11(2)57-23-18(35)28(53)59-15(9-43)21(23)48)32(38,39)31(55,29(37)54)25-19(41(56)12(3)44)22(49)20(47)14(8-42)58-25;1-3(7)5(9)8-4(2)6(10)11/h10-11,13-15,18-23,25,28,42-43,47-49,53,55-56H,4-9,33,35,38-39H2,1-3H3,(H2,34,46)(H2,36,51)(H2,37,54)(H,40,52);3-4H,7H2,1-2H3,(H,8,9)(H,10,11)/t10-,11?,13+,14+,15+,18+,19+,20+,21+,22+,23+,25?,28-,30?,31?;3-,4-/m01/s1. The Morgan fingerprint density at radius 1 is 0.786 bits per heavy atom. The number of nitrogens with zero attached hydrogens (tertiary/aromatic N) is 1. The number of carboxylic acids is 1. The van der Waals surface area contributed by atoms with E-state index in [0.29, 0.717) is 6.92 Å². The van der Waals surface area contributed by atoms with Crippen LogP contribution in [0.25, 0.3) is 0 Å². The Morgan fingerprint density at radius 2 is 1.29 bits per heavy atom. The third-order valence-electron chi connectivity index (χ3n) is 11.8. The second-order valence-electron chi connectivity index (χ2n) is 17.0. The van der Waals surface area contributed by atoms with E-state index in [1.807, 2.05) is 0 Å². The molecule has 0 radical (unpaired) electrons. The maximum atomic E-state index is 15.1. The second-order valence-corrected chi connectivity index (χ2v) is 17.0. The van der Waals surface area contributed by atoms with Crippen molar-refractivity contribution in [3.05, 3.63) is 0 Å². The summed E-state index contributed by atoms with van der Waals surface area (Å²) in [7, 11) is 0. The molecule has 2 saturated heterocycles. The maximum Gasteiger partial charge on any atom is 0.325 e. The van der Waals surface area contributed by atoms with Gasteiger partial charge in [-0.2, -0.15) is 0 Å². The number of hydroxylamine groups is 2. The van der Waals surface area contributed by atoms with E-state index >= 15 is 4.79 Å². The first kappa shape index (κ1) is 63.0. The first-order chi connectivity index (χ1) is 32.1. The van der Waals surface area contributed by atoms with Crippen molar-refractivity contribution in [3.63, 3.8) is 0 Å². The summed E-state index contributed by atoms with van der Waals surface area (Å²) < 4.78 is 16.3. The molecule has 2 fully saturated rings. The zero-order valence-corrected chi connectivity index (χ0v) is 38.9. The summed E-state index contributed by atoms with van der Waals surface area (Å²) in [6.07, 6.45) is -23.1. The van der Waals surface area contributed by atoms with Crippen molar-refractivity contribution in [2.45, 2.75) is 163 Å². The van der Waals surface area contributed by atoms with E-state index in [2.05, 4.69) is 10.6 Å². The van der Waals surface area contributed by atoms with E-state index in [1.54, 1.807) is 0 Å². The van der Waals surface area contributed by atoms with Gasteiger partial charge in [-0.3, -0.25) is 48.4 Å². The minimum absolute atomic E-state index is 0.341. The van der Waals surface area contributed by atoms with Crippen LogP contribution in [0.2, 0.25) is 0 Å². The van der Waals surface area contributed by atoms with Gasteiger partial charge >= 0.3 is 5.97 Å². The molecule has 27 N–H and O–H groups in total. The van der Waals surface area contributed by atoms with Crippen molar-refractivity contribution in [2.75, 3.05) is 13.2 Å². The topological polar surface area (TPSA) is 599 Å². The lowest BCUT2D eigenvalue weighted by molar-refractivity contribution is -0.294. The monoisotopic (exact) mass is 1020 g/mol. The Kier molecular flexibility index (Phi) is 23.3. The summed E-state index contributed by atoms with van der Waals surface area (Å²) in [5.41, 5.74) is 35.2. The Hall–Kier alpha value is -5.01. The van der Waals surface area contributed by atoms with Gasteiger partial charge in [0.05, 0.1) is 31.3 Å². The molecule has 2 aliphatic rings. The molecule has 0 bridgehead atoms. The van der Waals surface area contributed by atoms with E-state index in [-0.39, 0.29) is 5.06 Å². The highest BCUT2D eigenvalue weighted by Crippen LogP contribution is 2.47. The van der Waals surface area contributed by atoms with Gasteiger partial charge in [0.15, 0.2) is 12.1 Å². The summed E-state index contributed by atoms with van der Waals surface area (Å²) in [6.45, 7) is 3.56. The lowest BCUT2D eigenvalue weighted by Gasteiger charge is -2.57. The average molecular weight is 1020 g/mol. The van der Waals surface area contributed by atoms with Gasteiger partial charge in [-0.25, -0.2) is 5.06 Å². The number of nitrogens with two attached hydrogens (primary N) is 8. The fourth-order valence-corrected chi connectivity index (χ4v) is 7.59. The van der Waals surface area contributed by atoms with Gasteiger partial charge in [-0.05, 0) is 40.5 Å². The Labute approximate surface area is 399 Å². The molecular formula is C38H69N11O21. The van der Waals surface area contributed by atoms with Crippen LogP contribution in [0, 0.1) is 5.41 Å². The third-order valence-corrected chi connectivity index (χ3v) is 11.8.